The number of amides is 1. The predicted octanol–water partition coefficient (Wildman–Crippen LogP) is 6.96. The minimum atomic E-state index is -0.526. The Morgan fingerprint density at radius 3 is 2.29 bits per heavy atom. The lowest BCUT2D eigenvalue weighted by molar-refractivity contribution is 0.0915. The smallest absolute Gasteiger partial charge is 0.251 e. The molecule has 5 aromatic rings. The molecule has 1 unspecified atom stereocenters. The van der Waals surface area contributed by atoms with Crippen LogP contribution in [-0.2, 0) is 0 Å². The standard InChI is InChI=1S/C32H26FNO4/c1-2-28(36)30-26-18-23(13-16-29(26)38-31(30)21-11-14-25(33)15-12-21)22-9-6-10-24(17-22)32(37)34-27(19-35)20-7-4-3-5-8-20/h3-18,27,35H,2,19H2,1H3,(H,34,37). The zero-order valence-corrected chi connectivity index (χ0v) is 20.8. The summed E-state index contributed by atoms with van der Waals surface area (Å²) in [5.41, 5.74) is 4.49. The zero-order chi connectivity index (χ0) is 26.6. The molecule has 2 N–H and O–H groups in total. The van der Waals surface area contributed by atoms with E-state index in [2.05, 4.69) is 5.32 Å². The van der Waals surface area contributed by atoms with Crippen LogP contribution < -0.4 is 5.32 Å². The van der Waals surface area contributed by atoms with Gasteiger partial charge in [-0.15, -0.1) is 0 Å². The Kier molecular flexibility index (Phi) is 7.15. The van der Waals surface area contributed by atoms with Crippen LogP contribution in [0.1, 0.15) is 45.7 Å². The second-order valence-corrected chi connectivity index (χ2v) is 9.00. The Labute approximate surface area is 219 Å². The molecule has 0 fully saturated rings. The van der Waals surface area contributed by atoms with Crippen LogP contribution in [0.2, 0.25) is 0 Å². The fourth-order valence-corrected chi connectivity index (χ4v) is 4.54. The highest BCUT2D eigenvalue weighted by Crippen LogP contribution is 2.37. The summed E-state index contributed by atoms with van der Waals surface area (Å²) in [5, 5.41) is 13.4. The molecular weight excluding hydrogens is 481 g/mol. The fraction of sp³-hybridized carbons (Fsp3) is 0.125. The monoisotopic (exact) mass is 507 g/mol. The second-order valence-electron chi connectivity index (χ2n) is 9.00. The van der Waals surface area contributed by atoms with Crippen molar-refractivity contribution >= 4 is 22.7 Å². The van der Waals surface area contributed by atoms with Crippen LogP contribution in [-0.4, -0.2) is 23.4 Å². The fourth-order valence-electron chi connectivity index (χ4n) is 4.54. The minimum Gasteiger partial charge on any atom is -0.455 e. The van der Waals surface area contributed by atoms with Crippen molar-refractivity contribution in [3.8, 4) is 22.5 Å². The Hall–Kier alpha value is -4.55. The summed E-state index contributed by atoms with van der Waals surface area (Å²) in [4.78, 5) is 26.0. The highest BCUT2D eigenvalue weighted by atomic mass is 19.1. The van der Waals surface area contributed by atoms with E-state index in [1.54, 1.807) is 43.3 Å². The van der Waals surface area contributed by atoms with Crippen molar-refractivity contribution in [1.29, 1.82) is 0 Å². The lowest BCUT2D eigenvalue weighted by Gasteiger charge is -2.17. The number of Topliss-reactive ketones (excluding diaryl/α,β-unsaturated/α-hetero) is 1. The van der Waals surface area contributed by atoms with Crippen molar-refractivity contribution in [2.45, 2.75) is 19.4 Å². The van der Waals surface area contributed by atoms with Gasteiger partial charge >= 0.3 is 0 Å². The molecule has 0 aliphatic carbocycles. The van der Waals surface area contributed by atoms with Gasteiger partial charge in [0.15, 0.2) is 5.78 Å². The van der Waals surface area contributed by atoms with E-state index in [-0.39, 0.29) is 30.5 Å². The third kappa shape index (κ3) is 4.99. The van der Waals surface area contributed by atoms with Gasteiger partial charge in [-0.05, 0) is 65.2 Å². The number of rotatable bonds is 8. The van der Waals surface area contributed by atoms with Crippen molar-refractivity contribution in [1.82, 2.24) is 5.32 Å². The lowest BCUT2D eigenvalue weighted by Crippen LogP contribution is -2.30. The van der Waals surface area contributed by atoms with E-state index in [1.807, 2.05) is 48.5 Å². The summed E-state index contributed by atoms with van der Waals surface area (Å²) in [6.07, 6.45) is 0.288. The van der Waals surface area contributed by atoms with Crippen molar-refractivity contribution in [2.75, 3.05) is 6.61 Å². The second kappa shape index (κ2) is 10.8. The van der Waals surface area contributed by atoms with E-state index < -0.39 is 6.04 Å². The Morgan fingerprint density at radius 1 is 0.868 bits per heavy atom. The first-order valence-corrected chi connectivity index (χ1v) is 12.4. The normalized spacial score (nSPS) is 11.9. The number of nitrogens with one attached hydrogen (secondary N) is 1. The van der Waals surface area contributed by atoms with Crippen LogP contribution in [0.4, 0.5) is 4.39 Å². The van der Waals surface area contributed by atoms with E-state index in [0.29, 0.717) is 33.4 Å². The van der Waals surface area contributed by atoms with E-state index >= 15 is 0 Å². The average molecular weight is 508 g/mol. The summed E-state index contributed by atoms with van der Waals surface area (Å²) < 4.78 is 19.6. The van der Waals surface area contributed by atoms with E-state index in [9.17, 15) is 19.1 Å². The maximum absolute atomic E-state index is 13.5. The molecule has 0 saturated heterocycles. The quantitative estimate of drug-likeness (QED) is 0.223. The number of carbonyl (C=O) groups is 2. The molecule has 0 radical (unpaired) electrons. The maximum Gasteiger partial charge on any atom is 0.251 e. The number of fused-ring (bicyclic) bond motifs is 1. The molecule has 0 aliphatic heterocycles. The Morgan fingerprint density at radius 2 is 1.58 bits per heavy atom. The first-order chi connectivity index (χ1) is 18.5. The molecule has 1 aromatic heterocycles. The number of furan rings is 1. The SMILES string of the molecule is CCC(=O)c1c(-c2ccc(F)cc2)oc2ccc(-c3cccc(C(=O)NC(CO)c4ccccc4)c3)cc12. The van der Waals surface area contributed by atoms with Crippen molar-refractivity contribution in [2.24, 2.45) is 0 Å². The van der Waals surface area contributed by atoms with Gasteiger partial charge in [0.25, 0.3) is 5.91 Å². The van der Waals surface area contributed by atoms with Crippen LogP contribution in [0.25, 0.3) is 33.4 Å². The lowest BCUT2D eigenvalue weighted by atomic mass is 9.97. The number of hydrogen-bond donors (Lipinski definition) is 2. The van der Waals surface area contributed by atoms with E-state index in [4.69, 9.17) is 4.42 Å². The topological polar surface area (TPSA) is 79.5 Å². The summed E-state index contributed by atoms with van der Waals surface area (Å²) in [7, 11) is 0. The molecule has 4 aromatic carbocycles. The molecule has 6 heteroatoms. The van der Waals surface area contributed by atoms with Gasteiger partial charge in [0, 0.05) is 22.9 Å². The van der Waals surface area contributed by atoms with Crippen LogP contribution in [0, 0.1) is 5.82 Å². The molecule has 190 valence electrons. The predicted molar refractivity (Wildman–Crippen MR) is 145 cm³/mol. The summed E-state index contributed by atoms with van der Waals surface area (Å²) in [6.45, 7) is 1.56. The third-order valence-corrected chi connectivity index (χ3v) is 6.54. The van der Waals surface area contributed by atoms with Crippen molar-refractivity contribution in [3.63, 3.8) is 0 Å². The minimum absolute atomic E-state index is 0.0793. The zero-order valence-electron chi connectivity index (χ0n) is 20.8. The molecule has 1 atom stereocenters. The first-order valence-electron chi connectivity index (χ1n) is 12.4. The van der Waals surface area contributed by atoms with E-state index in [0.717, 1.165) is 16.7 Å². The molecule has 0 saturated carbocycles. The van der Waals surface area contributed by atoms with Crippen molar-refractivity contribution < 1.29 is 23.5 Å². The third-order valence-electron chi connectivity index (χ3n) is 6.54. The van der Waals surface area contributed by atoms with E-state index in [1.165, 1.54) is 12.1 Å². The van der Waals surface area contributed by atoms with Crippen LogP contribution in [0.3, 0.4) is 0 Å². The van der Waals surface area contributed by atoms with Gasteiger partial charge < -0.3 is 14.8 Å². The van der Waals surface area contributed by atoms with Crippen molar-refractivity contribution in [3.05, 3.63) is 120 Å². The van der Waals surface area contributed by atoms with Gasteiger partial charge in [-0.3, -0.25) is 9.59 Å². The Balaban J connectivity index is 1.50. The molecule has 5 rings (SSSR count). The van der Waals surface area contributed by atoms with Gasteiger partial charge in [-0.1, -0.05) is 55.5 Å². The molecule has 38 heavy (non-hydrogen) atoms. The molecule has 1 heterocycles. The number of aliphatic hydroxyl groups excluding tert-OH is 1. The molecule has 1 amide bonds. The number of hydrogen-bond acceptors (Lipinski definition) is 4. The van der Waals surface area contributed by atoms with Crippen LogP contribution >= 0.6 is 0 Å². The van der Waals surface area contributed by atoms with Gasteiger partial charge in [0.2, 0.25) is 0 Å². The Bertz CT molecular complexity index is 1610. The maximum atomic E-state index is 13.5. The molecule has 5 nitrogen and oxygen atoms in total. The average Bonchev–Trinajstić information content (AvgIpc) is 3.35. The van der Waals surface area contributed by atoms with Gasteiger partial charge in [0.05, 0.1) is 18.2 Å². The van der Waals surface area contributed by atoms with Gasteiger partial charge in [-0.2, -0.15) is 0 Å². The first kappa shape index (κ1) is 25.1. The van der Waals surface area contributed by atoms with Crippen LogP contribution in [0.15, 0.2) is 101 Å². The number of halogens is 1. The molecule has 0 spiro atoms. The molecule has 0 aliphatic rings. The number of benzene rings is 4. The number of carbonyl (C=O) groups excluding carboxylic acids is 2. The number of ketones is 1. The largest absolute Gasteiger partial charge is 0.455 e. The highest BCUT2D eigenvalue weighted by Gasteiger charge is 2.22. The number of aliphatic hydroxyl groups is 1. The van der Waals surface area contributed by atoms with Gasteiger partial charge in [-0.25, -0.2) is 4.39 Å². The van der Waals surface area contributed by atoms with Crippen LogP contribution in [0.5, 0.6) is 0 Å². The highest BCUT2D eigenvalue weighted by molar-refractivity contribution is 6.12. The van der Waals surface area contributed by atoms with Gasteiger partial charge in [0.1, 0.15) is 17.2 Å². The summed E-state index contributed by atoms with van der Waals surface area (Å²) in [6, 6.07) is 27.4. The summed E-state index contributed by atoms with van der Waals surface area (Å²) in [5.74, 6) is -0.342. The molecule has 0 bridgehead atoms. The molecular formula is C32H26FNO4. The summed E-state index contributed by atoms with van der Waals surface area (Å²) >= 11 is 0.